The number of amides is 1. The summed E-state index contributed by atoms with van der Waals surface area (Å²) in [7, 11) is 0. The summed E-state index contributed by atoms with van der Waals surface area (Å²) in [5.74, 6) is 0.870. The van der Waals surface area contributed by atoms with E-state index in [-0.39, 0.29) is 12.5 Å². The molecule has 0 aliphatic carbocycles. The molecule has 4 heterocycles. The van der Waals surface area contributed by atoms with E-state index in [1.54, 1.807) is 35.5 Å². The average Bonchev–Trinajstić information content (AvgIpc) is 3.30. The summed E-state index contributed by atoms with van der Waals surface area (Å²) in [5, 5.41) is 8.31. The Morgan fingerprint density at radius 3 is 3.04 bits per heavy atom. The first-order valence-electron chi connectivity index (χ1n) is 7.58. The molecule has 3 aromatic heterocycles. The highest BCUT2D eigenvalue weighted by Gasteiger charge is 2.27. The second-order valence-corrected chi connectivity index (χ2v) is 5.39. The Morgan fingerprint density at radius 2 is 2.25 bits per heavy atom. The molecule has 0 spiro atoms. The lowest BCUT2D eigenvalue weighted by molar-refractivity contribution is 0.0672. The fourth-order valence-corrected chi connectivity index (χ4v) is 2.62. The largest absolute Gasteiger partial charge is 0.486 e. The lowest BCUT2D eigenvalue weighted by Gasteiger charge is -2.26. The van der Waals surface area contributed by atoms with Crippen LogP contribution in [0.15, 0.2) is 47.3 Å². The van der Waals surface area contributed by atoms with Crippen molar-refractivity contribution in [2.45, 2.75) is 19.7 Å². The van der Waals surface area contributed by atoms with Gasteiger partial charge in [0.05, 0.1) is 31.2 Å². The molecule has 0 aromatic carbocycles. The van der Waals surface area contributed by atoms with Crippen LogP contribution in [-0.2, 0) is 19.7 Å². The summed E-state index contributed by atoms with van der Waals surface area (Å²) >= 11 is 0. The fraction of sp³-hybridized carbons (Fsp3) is 0.250. The van der Waals surface area contributed by atoms with Crippen LogP contribution < -0.4 is 4.74 Å². The van der Waals surface area contributed by atoms with Gasteiger partial charge in [-0.3, -0.25) is 9.78 Å². The molecule has 8 nitrogen and oxygen atoms in total. The predicted octanol–water partition coefficient (Wildman–Crippen LogP) is 1.50. The van der Waals surface area contributed by atoms with Crippen molar-refractivity contribution in [2.24, 2.45) is 0 Å². The standard InChI is InChI=1S/C16H15N5O3/c22-16(15-4-2-8-23-15)20-6-7-21-14(10-20)13(18-19-21)11-24-12-3-1-5-17-9-12/h1-5,8-9H,6-7,10-11H2. The van der Waals surface area contributed by atoms with Crippen LogP contribution in [0.2, 0.25) is 0 Å². The Kier molecular flexibility index (Phi) is 3.70. The number of pyridine rings is 1. The maximum absolute atomic E-state index is 12.4. The van der Waals surface area contributed by atoms with Crippen molar-refractivity contribution in [3.63, 3.8) is 0 Å². The molecule has 0 unspecified atom stereocenters. The number of ether oxygens (including phenoxy) is 1. The summed E-state index contributed by atoms with van der Waals surface area (Å²) in [6, 6.07) is 7.00. The van der Waals surface area contributed by atoms with Gasteiger partial charge in [-0.15, -0.1) is 5.10 Å². The third-order valence-electron chi connectivity index (χ3n) is 3.87. The minimum atomic E-state index is -0.133. The monoisotopic (exact) mass is 325 g/mol. The predicted molar refractivity (Wildman–Crippen MR) is 82.0 cm³/mol. The van der Waals surface area contributed by atoms with Crippen LogP contribution in [0.4, 0.5) is 0 Å². The Bertz CT molecular complexity index is 829. The molecule has 4 rings (SSSR count). The van der Waals surface area contributed by atoms with Crippen molar-refractivity contribution in [3.8, 4) is 5.75 Å². The van der Waals surface area contributed by atoms with Gasteiger partial charge in [-0.2, -0.15) is 0 Å². The van der Waals surface area contributed by atoms with Crippen LogP contribution in [-0.4, -0.2) is 37.3 Å². The molecule has 0 fully saturated rings. The molecule has 0 saturated carbocycles. The van der Waals surface area contributed by atoms with E-state index < -0.39 is 0 Å². The van der Waals surface area contributed by atoms with Crippen molar-refractivity contribution >= 4 is 5.91 Å². The zero-order valence-corrected chi connectivity index (χ0v) is 12.8. The Morgan fingerprint density at radius 1 is 1.29 bits per heavy atom. The van der Waals surface area contributed by atoms with Crippen LogP contribution in [0.25, 0.3) is 0 Å². The third-order valence-corrected chi connectivity index (χ3v) is 3.87. The van der Waals surface area contributed by atoms with Gasteiger partial charge in [-0.25, -0.2) is 4.68 Å². The molecule has 0 saturated heterocycles. The molecule has 0 atom stereocenters. The third kappa shape index (κ3) is 2.73. The minimum Gasteiger partial charge on any atom is -0.486 e. The van der Waals surface area contributed by atoms with E-state index in [0.29, 0.717) is 31.1 Å². The second kappa shape index (κ2) is 6.15. The maximum Gasteiger partial charge on any atom is 0.289 e. The van der Waals surface area contributed by atoms with E-state index in [4.69, 9.17) is 9.15 Å². The lowest BCUT2D eigenvalue weighted by atomic mass is 10.2. The minimum absolute atomic E-state index is 0.133. The highest BCUT2D eigenvalue weighted by Crippen LogP contribution is 2.19. The first-order valence-corrected chi connectivity index (χ1v) is 7.58. The number of hydrogen-bond donors (Lipinski definition) is 0. The van der Waals surface area contributed by atoms with Crippen LogP contribution >= 0.6 is 0 Å². The Labute approximate surface area is 137 Å². The van der Waals surface area contributed by atoms with Gasteiger partial charge in [-0.1, -0.05) is 5.21 Å². The highest BCUT2D eigenvalue weighted by molar-refractivity contribution is 5.91. The van der Waals surface area contributed by atoms with Gasteiger partial charge in [-0.05, 0) is 24.3 Å². The van der Waals surface area contributed by atoms with Gasteiger partial charge in [0, 0.05) is 12.7 Å². The number of rotatable bonds is 4. The van der Waals surface area contributed by atoms with E-state index in [9.17, 15) is 4.79 Å². The van der Waals surface area contributed by atoms with Gasteiger partial charge < -0.3 is 14.1 Å². The van der Waals surface area contributed by atoms with Crippen LogP contribution in [0.5, 0.6) is 5.75 Å². The molecule has 1 aliphatic heterocycles. The van der Waals surface area contributed by atoms with Crippen LogP contribution in [0.3, 0.4) is 0 Å². The lowest BCUT2D eigenvalue weighted by Crippen LogP contribution is -2.38. The average molecular weight is 325 g/mol. The van der Waals surface area contributed by atoms with Crippen molar-refractivity contribution in [1.29, 1.82) is 0 Å². The zero-order valence-electron chi connectivity index (χ0n) is 12.8. The molecule has 0 N–H and O–H groups in total. The summed E-state index contributed by atoms with van der Waals surface area (Å²) in [6.45, 7) is 1.88. The van der Waals surface area contributed by atoms with Crippen molar-refractivity contribution < 1.29 is 13.9 Å². The molecule has 0 radical (unpaired) electrons. The van der Waals surface area contributed by atoms with E-state index in [2.05, 4.69) is 15.3 Å². The molecule has 8 heteroatoms. The molecule has 122 valence electrons. The van der Waals surface area contributed by atoms with E-state index >= 15 is 0 Å². The molecule has 1 aliphatic rings. The van der Waals surface area contributed by atoms with Crippen LogP contribution in [0, 0.1) is 0 Å². The number of carbonyl (C=O) groups excluding carboxylic acids is 1. The maximum atomic E-state index is 12.4. The first kappa shape index (κ1) is 14.4. The number of furan rings is 1. The van der Waals surface area contributed by atoms with Gasteiger partial charge in [0.25, 0.3) is 5.91 Å². The van der Waals surface area contributed by atoms with E-state index in [0.717, 1.165) is 11.4 Å². The van der Waals surface area contributed by atoms with Crippen molar-refractivity contribution in [2.75, 3.05) is 6.54 Å². The number of nitrogens with zero attached hydrogens (tertiary/aromatic N) is 5. The van der Waals surface area contributed by atoms with Gasteiger partial charge in [0.1, 0.15) is 18.1 Å². The van der Waals surface area contributed by atoms with E-state index in [1.807, 2.05) is 10.7 Å². The number of fused-ring (bicyclic) bond motifs is 1. The van der Waals surface area contributed by atoms with Gasteiger partial charge in [0.2, 0.25) is 0 Å². The summed E-state index contributed by atoms with van der Waals surface area (Å²) in [6.07, 6.45) is 4.82. The van der Waals surface area contributed by atoms with E-state index in [1.165, 1.54) is 6.26 Å². The Balaban J connectivity index is 1.48. The summed E-state index contributed by atoms with van der Waals surface area (Å²) in [5.41, 5.74) is 1.60. The second-order valence-electron chi connectivity index (χ2n) is 5.39. The Hall–Kier alpha value is -3.16. The normalized spacial score (nSPS) is 13.6. The highest BCUT2D eigenvalue weighted by atomic mass is 16.5. The van der Waals surface area contributed by atoms with Gasteiger partial charge in [0.15, 0.2) is 5.76 Å². The molecule has 0 bridgehead atoms. The molecular formula is C16H15N5O3. The smallest absolute Gasteiger partial charge is 0.289 e. The van der Waals surface area contributed by atoms with Crippen molar-refractivity contribution in [1.82, 2.24) is 24.9 Å². The van der Waals surface area contributed by atoms with Crippen molar-refractivity contribution in [3.05, 3.63) is 60.1 Å². The van der Waals surface area contributed by atoms with Gasteiger partial charge >= 0.3 is 0 Å². The first-order chi connectivity index (χ1) is 11.8. The van der Waals surface area contributed by atoms with Crippen LogP contribution in [0.1, 0.15) is 21.9 Å². The summed E-state index contributed by atoms with van der Waals surface area (Å²) < 4.78 is 12.7. The number of carbonyl (C=O) groups is 1. The fourth-order valence-electron chi connectivity index (χ4n) is 2.62. The molecule has 3 aromatic rings. The number of aromatic nitrogens is 4. The SMILES string of the molecule is O=C(c1ccco1)N1CCn2nnc(COc3cccnc3)c2C1. The summed E-state index contributed by atoms with van der Waals surface area (Å²) in [4.78, 5) is 18.2. The molecule has 24 heavy (non-hydrogen) atoms. The molecule has 1 amide bonds. The molecular weight excluding hydrogens is 310 g/mol. The topological polar surface area (TPSA) is 86.3 Å². The zero-order chi connectivity index (χ0) is 16.4. The number of hydrogen-bond acceptors (Lipinski definition) is 6. The quantitative estimate of drug-likeness (QED) is 0.722.